The van der Waals surface area contributed by atoms with Crippen LogP contribution < -0.4 is 0 Å². The number of hydrogen-bond acceptors (Lipinski definition) is 4. The van der Waals surface area contributed by atoms with Crippen LogP contribution in [0.4, 0.5) is 0 Å². The number of aryl methyl sites for hydroxylation is 1. The summed E-state index contributed by atoms with van der Waals surface area (Å²) in [5.74, 6) is 1.32. The van der Waals surface area contributed by atoms with Crippen LogP contribution in [0.5, 0.6) is 0 Å². The van der Waals surface area contributed by atoms with Crippen molar-refractivity contribution in [3.8, 4) is 11.5 Å². The van der Waals surface area contributed by atoms with Gasteiger partial charge in [0, 0.05) is 6.20 Å². The highest BCUT2D eigenvalue weighted by molar-refractivity contribution is 5.47. The Kier molecular flexibility index (Phi) is 1.96. The van der Waals surface area contributed by atoms with Crippen molar-refractivity contribution in [3.05, 3.63) is 36.5 Å². The minimum Gasteiger partial charge on any atom is -0.253 e. The van der Waals surface area contributed by atoms with E-state index in [0.29, 0.717) is 11.6 Å². The first-order chi connectivity index (χ1) is 6.36. The normalized spacial score (nSPS) is 9.92. The largest absolute Gasteiger partial charge is 0.253 e. The molecule has 64 valence electrons. The molecule has 0 bridgehead atoms. The molecule has 2 rings (SSSR count). The molecule has 4 nitrogen and oxygen atoms in total. The standard InChI is InChI=1S/C9H8N4/c1-7-11-6-12-9(13-7)8-4-2-3-5-10-8/h2-6H,1H3. The highest BCUT2D eigenvalue weighted by Crippen LogP contribution is 2.08. The summed E-state index contributed by atoms with van der Waals surface area (Å²) in [5, 5.41) is 0. The van der Waals surface area contributed by atoms with E-state index in [4.69, 9.17) is 0 Å². The summed E-state index contributed by atoms with van der Waals surface area (Å²) < 4.78 is 0. The van der Waals surface area contributed by atoms with Crippen LogP contribution in [0, 0.1) is 6.92 Å². The molecule has 0 amide bonds. The van der Waals surface area contributed by atoms with Crippen LogP contribution in [0.2, 0.25) is 0 Å². The Bertz CT molecular complexity index is 399. The number of hydrogen-bond donors (Lipinski definition) is 0. The zero-order valence-electron chi connectivity index (χ0n) is 7.18. The van der Waals surface area contributed by atoms with Crippen molar-refractivity contribution in [3.63, 3.8) is 0 Å². The predicted molar refractivity (Wildman–Crippen MR) is 47.8 cm³/mol. The summed E-state index contributed by atoms with van der Waals surface area (Å²) in [7, 11) is 0. The van der Waals surface area contributed by atoms with E-state index in [0.717, 1.165) is 5.69 Å². The van der Waals surface area contributed by atoms with E-state index in [9.17, 15) is 0 Å². The number of aromatic nitrogens is 4. The Morgan fingerprint density at radius 3 is 2.69 bits per heavy atom. The fraction of sp³-hybridized carbons (Fsp3) is 0.111. The van der Waals surface area contributed by atoms with E-state index in [1.54, 1.807) is 6.20 Å². The molecule has 0 aliphatic heterocycles. The predicted octanol–water partition coefficient (Wildman–Crippen LogP) is 1.24. The number of rotatable bonds is 1. The molecular weight excluding hydrogens is 164 g/mol. The Morgan fingerprint density at radius 1 is 1.08 bits per heavy atom. The summed E-state index contributed by atoms with van der Waals surface area (Å²) in [6.45, 7) is 1.83. The average molecular weight is 172 g/mol. The van der Waals surface area contributed by atoms with Crippen molar-refractivity contribution in [2.75, 3.05) is 0 Å². The molecule has 0 aliphatic rings. The average Bonchev–Trinajstić information content (AvgIpc) is 2.19. The van der Waals surface area contributed by atoms with Crippen molar-refractivity contribution >= 4 is 0 Å². The highest BCUT2D eigenvalue weighted by Gasteiger charge is 2.00. The molecule has 2 heterocycles. The van der Waals surface area contributed by atoms with Crippen molar-refractivity contribution in [2.24, 2.45) is 0 Å². The molecular formula is C9H8N4. The molecule has 4 heteroatoms. The molecule has 0 saturated heterocycles. The van der Waals surface area contributed by atoms with Crippen LogP contribution in [-0.4, -0.2) is 19.9 Å². The lowest BCUT2D eigenvalue weighted by Gasteiger charge is -1.97. The van der Waals surface area contributed by atoms with E-state index in [2.05, 4.69) is 19.9 Å². The van der Waals surface area contributed by atoms with Crippen molar-refractivity contribution in [1.82, 2.24) is 19.9 Å². The SMILES string of the molecule is Cc1ncnc(-c2ccccn2)n1. The Balaban J connectivity index is 2.48. The summed E-state index contributed by atoms with van der Waals surface area (Å²) in [6.07, 6.45) is 3.21. The zero-order chi connectivity index (χ0) is 9.10. The molecule has 0 atom stereocenters. The lowest BCUT2D eigenvalue weighted by Crippen LogP contribution is -1.95. The first kappa shape index (κ1) is 7.79. The van der Waals surface area contributed by atoms with Gasteiger partial charge in [0.1, 0.15) is 17.8 Å². The third-order valence-electron chi connectivity index (χ3n) is 1.59. The van der Waals surface area contributed by atoms with Gasteiger partial charge in [-0.1, -0.05) is 6.07 Å². The van der Waals surface area contributed by atoms with Gasteiger partial charge >= 0.3 is 0 Å². The van der Waals surface area contributed by atoms with Gasteiger partial charge in [0.2, 0.25) is 0 Å². The lowest BCUT2D eigenvalue weighted by molar-refractivity contribution is 0.974. The van der Waals surface area contributed by atoms with Gasteiger partial charge in [-0.2, -0.15) is 0 Å². The molecule has 2 aromatic rings. The molecule has 0 spiro atoms. The lowest BCUT2D eigenvalue weighted by atomic mass is 10.3. The second-order valence-electron chi connectivity index (χ2n) is 2.57. The minimum absolute atomic E-state index is 0.619. The molecule has 0 fully saturated rings. The van der Waals surface area contributed by atoms with E-state index in [1.165, 1.54) is 6.33 Å². The molecule has 0 aliphatic carbocycles. The molecule has 0 radical (unpaired) electrons. The van der Waals surface area contributed by atoms with Gasteiger partial charge in [0.25, 0.3) is 0 Å². The topological polar surface area (TPSA) is 51.6 Å². The van der Waals surface area contributed by atoms with Crippen LogP contribution >= 0.6 is 0 Å². The first-order valence-electron chi connectivity index (χ1n) is 3.93. The summed E-state index contributed by atoms with van der Waals surface area (Å²) in [4.78, 5) is 16.2. The summed E-state index contributed by atoms with van der Waals surface area (Å²) >= 11 is 0. The Morgan fingerprint density at radius 2 is 2.00 bits per heavy atom. The van der Waals surface area contributed by atoms with Gasteiger partial charge in [-0.15, -0.1) is 0 Å². The van der Waals surface area contributed by atoms with Gasteiger partial charge in [-0.05, 0) is 19.1 Å². The maximum Gasteiger partial charge on any atom is 0.181 e. The zero-order valence-corrected chi connectivity index (χ0v) is 7.18. The number of nitrogens with zero attached hydrogens (tertiary/aromatic N) is 4. The smallest absolute Gasteiger partial charge is 0.181 e. The van der Waals surface area contributed by atoms with Gasteiger partial charge in [-0.3, -0.25) is 4.98 Å². The fourth-order valence-corrected chi connectivity index (χ4v) is 0.997. The first-order valence-corrected chi connectivity index (χ1v) is 3.93. The van der Waals surface area contributed by atoms with Gasteiger partial charge in [0.05, 0.1) is 0 Å². The van der Waals surface area contributed by atoms with E-state index < -0.39 is 0 Å². The molecule has 0 N–H and O–H groups in total. The van der Waals surface area contributed by atoms with Crippen molar-refractivity contribution in [1.29, 1.82) is 0 Å². The van der Waals surface area contributed by atoms with Gasteiger partial charge in [0.15, 0.2) is 5.82 Å². The van der Waals surface area contributed by atoms with Crippen LogP contribution in [-0.2, 0) is 0 Å². The summed E-state index contributed by atoms with van der Waals surface area (Å²) in [5.41, 5.74) is 0.771. The van der Waals surface area contributed by atoms with Gasteiger partial charge in [-0.25, -0.2) is 15.0 Å². The van der Waals surface area contributed by atoms with Crippen LogP contribution in [0.25, 0.3) is 11.5 Å². The molecule has 2 aromatic heterocycles. The highest BCUT2D eigenvalue weighted by atomic mass is 15.0. The third kappa shape index (κ3) is 1.66. The van der Waals surface area contributed by atoms with Crippen molar-refractivity contribution < 1.29 is 0 Å². The maximum absolute atomic E-state index is 4.16. The quantitative estimate of drug-likeness (QED) is 0.649. The molecule has 13 heavy (non-hydrogen) atoms. The Labute approximate surface area is 75.7 Å². The van der Waals surface area contributed by atoms with Crippen molar-refractivity contribution in [2.45, 2.75) is 6.92 Å². The molecule has 0 aromatic carbocycles. The van der Waals surface area contributed by atoms with Crippen LogP contribution in [0.1, 0.15) is 5.82 Å². The maximum atomic E-state index is 4.16. The second kappa shape index (κ2) is 3.26. The molecule has 0 unspecified atom stereocenters. The third-order valence-corrected chi connectivity index (χ3v) is 1.59. The van der Waals surface area contributed by atoms with Gasteiger partial charge < -0.3 is 0 Å². The van der Waals surface area contributed by atoms with E-state index in [-0.39, 0.29) is 0 Å². The Hall–Kier alpha value is -1.84. The van der Waals surface area contributed by atoms with E-state index >= 15 is 0 Å². The fourth-order valence-electron chi connectivity index (χ4n) is 0.997. The second-order valence-corrected chi connectivity index (χ2v) is 2.57. The number of pyridine rings is 1. The van der Waals surface area contributed by atoms with Crippen LogP contribution in [0.3, 0.4) is 0 Å². The van der Waals surface area contributed by atoms with E-state index in [1.807, 2.05) is 25.1 Å². The van der Waals surface area contributed by atoms with Crippen LogP contribution in [0.15, 0.2) is 30.7 Å². The molecule has 0 saturated carbocycles. The summed E-state index contributed by atoms with van der Waals surface area (Å²) in [6, 6.07) is 5.63. The minimum atomic E-state index is 0.619. The monoisotopic (exact) mass is 172 g/mol.